The van der Waals surface area contributed by atoms with Gasteiger partial charge in [0.1, 0.15) is 6.26 Å². The molecule has 0 saturated carbocycles. The molecule has 0 radical (unpaired) electrons. The lowest BCUT2D eigenvalue weighted by Gasteiger charge is -2.15. The molecular weight excluding hydrogens is 279 g/mol. The highest BCUT2D eigenvalue weighted by Gasteiger charge is 2.17. The van der Waals surface area contributed by atoms with Gasteiger partial charge in [0.2, 0.25) is 0 Å². The summed E-state index contributed by atoms with van der Waals surface area (Å²) >= 11 is 0. The fourth-order valence-corrected chi connectivity index (χ4v) is 1.47. The van der Waals surface area contributed by atoms with Crippen LogP contribution >= 0.6 is 0 Å². The summed E-state index contributed by atoms with van der Waals surface area (Å²) in [6.45, 7) is 1.44. The van der Waals surface area contributed by atoms with E-state index < -0.39 is 23.7 Å². The average Bonchev–Trinajstić information content (AvgIpc) is 3.01. The highest BCUT2D eigenvalue weighted by molar-refractivity contribution is 5.95. The molecular formula is C14H13FN2O4. The molecule has 0 aliphatic heterocycles. The molecule has 2 rings (SSSR count). The first-order valence-electron chi connectivity index (χ1n) is 6.11. The van der Waals surface area contributed by atoms with Crippen LogP contribution in [0, 0.1) is 5.82 Å². The molecule has 1 heterocycles. The van der Waals surface area contributed by atoms with Crippen molar-refractivity contribution in [3.63, 3.8) is 0 Å². The van der Waals surface area contributed by atoms with Crippen molar-refractivity contribution in [2.75, 3.05) is 0 Å². The van der Waals surface area contributed by atoms with E-state index in [-0.39, 0.29) is 11.3 Å². The Bertz CT molecular complexity index is 628. The first-order valence-corrected chi connectivity index (χ1v) is 6.11. The van der Waals surface area contributed by atoms with Crippen LogP contribution in [-0.2, 0) is 4.79 Å². The molecule has 0 bridgehead atoms. The zero-order chi connectivity index (χ0) is 15.2. The summed E-state index contributed by atoms with van der Waals surface area (Å²) in [5.41, 5.74) is 4.64. The number of furan rings is 1. The number of hydrogen-bond acceptors (Lipinski definition) is 4. The monoisotopic (exact) mass is 292 g/mol. The topological polar surface area (TPSA) is 80.6 Å². The van der Waals surface area contributed by atoms with Gasteiger partial charge in [-0.3, -0.25) is 20.4 Å². The molecule has 1 aromatic carbocycles. The second kappa shape index (κ2) is 6.56. The summed E-state index contributed by atoms with van der Waals surface area (Å²) in [5.74, 6) is -1.76. The maximum atomic E-state index is 13.4. The van der Waals surface area contributed by atoms with Crippen molar-refractivity contribution in [3.05, 3.63) is 54.2 Å². The van der Waals surface area contributed by atoms with Gasteiger partial charge < -0.3 is 9.15 Å². The van der Waals surface area contributed by atoms with Gasteiger partial charge in [0, 0.05) is 0 Å². The third kappa shape index (κ3) is 3.82. The van der Waals surface area contributed by atoms with Crippen LogP contribution in [0.1, 0.15) is 17.3 Å². The largest absolute Gasteiger partial charge is 0.478 e. The highest BCUT2D eigenvalue weighted by atomic mass is 19.1. The second-order valence-electron chi connectivity index (χ2n) is 4.15. The third-order valence-corrected chi connectivity index (χ3v) is 2.59. The van der Waals surface area contributed by atoms with E-state index >= 15 is 0 Å². The van der Waals surface area contributed by atoms with E-state index in [2.05, 4.69) is 10.9 Å². The van der Waals surface area contributed by atoms with E-state index in [1.54, 1.807) is 6.07 Å². The summed E-state index contributed by atoms with van der Waals surface area (Å²) in [6.07, 6.45) is 1.59. The Morgan fingerprint density at radius 3 is 2.67 bits per heavy atom. The molecule has 1 unspecified atom stereocenters. The molecule has 0 saturated heterocycles. The maximum Gasteiger partial charge on any atom is 0.279 e. The Kier molecular flexibility index (Phi) is 4.55. The number of nitrogens with one attached hydrogen (secondary N) is 2. The van der Waals surface area contributed by atoms with Gasteiger partial charge in [0.15, 0.2) is 17.7 Å². The first-order chi connectivity index (χ1) is 10.1. The number of rotatable bonds is 4. The average molecular weight is 292 g/mol. The van der Waals surface area contributed by atoms with Crippen LogP contribution in [-0.4, -0.2) is 17.9 Å². The van der Waals surface area contributed by atoms with Gasteiger partial charge in [0.05, 0.1) is 11.8 Å². The van der Waals surface area contributed by atoms with Gasteiger partial charge in [-0.1, -0.05) is 12.1 Å². The molecule has 2 N–H and O–H groups in total. The van der Waals surface area contributed by atoms with E-state index in [4.69, 9.17) is 9.15 Å². The fourth-order valence-electron chi connectivity index (χ4n) is 1.47. The number of benzene rings is 1. The Morgan fingerprint density at radius 2 is 2.00 bits per heavy atom. The van der Waals surface area contributed by atoms with Gasteiger partial charge in [-0.25, -0.2) is 4.39 Å². The Balaban J connectivity index is 1.86. The van der Waals surface area contributed by atoms with Gasteiger partial charge >= 0.3 is 0 Å². The minimum absolute atomic E-state index is 0.0405. The standard InChI is InChI=1S/C14H13FN2O4/c1-9(21-12-5-3-2-4-11(12)15)13(18)16-17-14(19)10-6-7-20-8-10/h2-9H,1H3,(H,16,18)(H,17,19). The van der Waals surface area contributed by atoms with E-state index in [9.17, 15) is 14.0 Å². The molecule has 0 aliphatic rings. The van der Waals surface area contributed by atoms with E-state index in [0.29, 0.717) is 0 Å². The van der Waals surface area contributed by atoms with Crippen LogP contribution in [0.25, 0.3) is 0 Å². The lowest BCUT2D eigenvalue weighted by atomic mass is 10.3. The van der Waals surface area contributed by atoms with Gasteiger partial charge in [-0.05, 0) is 25.1 Å². The van der Waals surface area contributed by atoms with Crippen LogP contribution in [0.5, 0.6) is 5.75 Å². The summed E-state index contributed by atoms with van der Waals surface area (Å²) in [7, 11) is 0. The number of carbonyl (C=O) groups excluding carboxylic acids is 2. The Hall–Kier alpha value is -2.83. The zero-order valence-corrected chi connectivity index (χ0v) is 11.1. The van der Waals surface area contributed by atoms with Crippen LogP contribution < -0.4 is 15.6 Å². The Morgan fingerprint density at radius 1 is 1.24 bits per heavy atom. The fraction of sp³-hybridized carbons (Fsp3) is 0.143. The smallest absolute Gasteiger partial charge is 0.279 e. The summed E-state index contributed by atoms with van der Waals surface area (Å²) < 4.78 is 23.3. The Labute approximate surface area is 119 Å². The van der Waals surface area contributed by atoms with Gasteiger partial charge in [-0.2, -0.15) is 0 Å². The predicted molar refractivity (Wildman–Crippen MR) is 70.8 cm³/mol. The normalized spacial score (nSPS) is 11.5. The molecule has 6 nitrogen and oxygen atoms in total. The molecule has 0 aliphatic carbocycles. The van der Waals surface area contributed by atoms with Gasteiger partial charge in [0.25, 0.3) is 11.8 Å². The minimum Gasteiger partial charge on any atom is -0.478 e. The van der Waals surface area contributed by atoms with Crippen molar-refractivity contribution in [1.82, 2.24) is 10.9 Å². The SMILES string of the molecule is CC(Oc1ccccc1F)C(=O)NNC(=O)c1ccoc1. The lowest BCUT2D eigenvalue weighted by molar-refractivity contribution is -0.128. The first kappa shape index (κ1) is 14.6. The molecule has 2 amide bonds. The number of hydrazine groups is 1. The summed E-state index contributed by atoms with van der Waals surface area (Å²) in [6, 6.07) is 7.17. The number of amides is 2. The maximum absolute atomic E-state index is 13.4. The molecule has 1 aromatic heterocycles. The molecule has 21 heavy (non-hydrogen) atoms. The number of carbonyl (C=O) groups is 2. The van der Waals surface area contributed by atoms with Crippen LogP contribution in [0.15, 0.2) is 47.3 Å². The minimum atomic E-state index is -0.980. The number of ether oxygens (including phenoxy) is 1. The number of halogens is 1. The van der Waals surface area contributed by atoms with Crippen molar-refractivity contribution in [2.45, 2.75) is 13.0 Å². The predicted octanol–water partition coefficient (Wildman–Crippen LogP) is 1.65. The van der Waals surface area contributed by atoms with Crippen LogP contribution in [0.4, 0.5) is 4.39 Å². The van der Waals surface area contributed by atoms with Crippen molar-refractivity contribution in [3.8, 4) is 5.75 Å². The molecule has 2 aromatic rings. The quantitative estimate of drug-likeness (QED) is 0.840. The van der Waals surface area contributed by atoms with Crippen molar-refractivity contribution >= 4 is 11.8 Å². The number of hydrogen-bond donors (Lipinski definition) is 2. The molecule has 110 valence electrons. The molecule has 0 spiro atoms. The third-order valence-electron chi connectivity index (χ3n) is 2.59. The molecule has 7 heteroatoms. The lowest BCUT2D eigenvalue weighted by Crippen LogP contribution is -2.47. The van der Waals surface area contributed by atoms with Crippen molar-refractivity contribution in [1.29, 1.82) is 0 Å². The number of para-hydroxylation sites is 1. The molecule has 0 fully saturated rings. The van der Waals surface area contributed by atoms with E-state index in [1.165, 1.54) is 43.7 Å². The highest BCUT2D eigenvalue weighted by Crippen LogP contribution is 2.16. The summed E-state index contributed by atoms with van der Waals surface area (Å²) in [4.78, 5) is 23.3. The van der Waals surface area contributed by atoms with Crippen molar-refractivity contribution in [2.24, 2.45) is 0 Å². The zero-order valence-electron chi connectivity index (χ0n) is 11.1. The van der Waals surface area contributed by atoms with E-state index in [0.717, 1.165) is 0 Å². The van der Waals surface area contributed by atoms with Crippen LogP contribution in [0.3, 0.4) is 0 Å². The second-order valence-corrected chi connectivity index (χ2v) is 4.15. The van der Waals surface area contributed by atoms with Gasteiger partial charge in [-0.15, -0.1) is 0 Å². The molecule has 1 atom stereocenters. The van der Waals surface area contributed by atoms with Crippen molar-refractivity contribution < 1.29 is 23.1 Å². The summed E-state index contributed by atoms with van der Waals surface area (Å²) in [5, 5.41) is 0. The van der Waals surface area contributed by atoms with E-state index in [1.807, 2.05) is 0 Å². The van der Waals surface area contributed by atoms with Crippen LogP contribution in [0.2, 0.25) is 0 Å².